The Morgan fingerprint density at radius 2 is 1.08 bits per heavy atom. The Balaban J connectivity index is 0.000000203. The fourth-order valence-electron chi connectivity index (χ4n) is 7.87. The second-order valence-corrected chi connectivity index (χ2v) is 15.8. The van der Waals surface area contributed by atoms with Crippen LogP contribution in [-0.4, -0.2) is 141 Å². The van der Waals surface area contributed by atoms with Crippen molar-refractivity contribution in [3.8, 4) is 11.5 Å². The largest absolute Gasteiger partial charge is 0.496 e. The summed E-state index contributed by atoms with van der Waals surface area (Å²) in [5.74, 6) is -22.0. The van der Waals surface area contributed by atoms with E-state index in [1.165, 1.54) is 50.7 Å². The van der Waals surface area contributed by atoms with Gasteiger partial charge in [-0.05, 0) is 37.0 Å². The van der Waals surface area contributed by atoms with Crippen molar-refractivity contribution < 1.29 is 78.5 Å². The van der Waals surface area contributed by atoms with E-state index in [0.717, 1.165) is 4.90 Å². The van der Waals surface area contributed by atoms with Crippen molar-refractivity contribution in [3.63, 3.8) is 0 Å². The van der Waals surface area contributed by atoms with Gasteiger partial charge < -0.3 is 44.6 Å². The van der Waals surface area contributed by atoms with Crippen LogP contribution in [0.5, 0.6) is 11.5 Å². The van der Waals surface area contributed by atoms with Crippen molar-refractivity contribution >= 4 is 68.7 Å². The second-order valence-electron chi connectivity index (χ2n) is 15.8. The highest BCUT2D eigenvalue weighted by Crippen LogP contribution is 2.34. The Kier molecular flexibility index (Phi) is 16.9. The average Bonchev–Trinajstić information content (AvgIpc) is 4.05. The van der Waals surface area contributed by atoms with Crippen molar-refractivity contribution in [2.24, 2.45) is 10.2 Å². The normalized spacial score (nSPS) is 15.1. The van der Waals surface area contributed by atoms with Gasteiger partial charge in [0.25, 0.3) is 29.3 Å². The molecule has 2 fully saturated rings. The smallest absolute Gasteiger partial charge is 0.341 e. The topological polar surface area (TPSA) is 318 Å². The highest BCUT2D eigenvalue weighted by molar-refractivity contribution is 6.45. The summed E-state index contributed by atoms with van der Waals surface area (Å²) in [6, 6.07) is 2.39. The Morgan fingerprint density at radius 1 is 0.653 bits per heavy atom. The van der Waals surface area contributed by atoms with Gasteiger partial charge in [0.05, 0.1) is 36.1 Å². The first-order chi connectivity index (χ1) is 35.7. The first-order valence-electron chi connectivity index (χ1n) is 21.4. The molecule has 2 saturated heterocycles. The zero-order valence-electron chi connectivity index (χ0n) is 39.0. The highest BCUT2D eigenvalue weighted by Gasteiger charge is 2.38. The Labute approximate surface area is 414 Å². The van der Waals surface area contributed by atoms with Crippen LogP contribution in [0.4, 0.5) is 46.5 Å². The number of azide groups is 2. The van der Waals surface area contributed by atoms with Gasteiger partial charge in [0.2, 0.25) is 0 Å². The quantitative estimate of drug-likeness (QED) is 0.0203. The molecular formula is C44H36F8N14O9. The van der Waals surface area contributed by atoms with Gasteiger partial charge >= 0.3 is 5.97 Å². The lowest BCUT2D eigenvalue weighted by molar-refractivity contribution is -0.130. The van der Waals surface area contributed by atoms with Crippen molar-refractivity contribution in [1.29, 1.82) is 0 Å². The number of Topliss-reactive ketones (excluding diaryl/α,β-unsaturated/α-hetero) is 2. The third-order valence-electron chi connectivity index (χ3n) is 11.5. The standard InChI is InChI=1S/C22H17F4N7O4.C15H18N4O3.C7HF4N3O2/c1-9-8-32(21(35)13-14(23)16(25)18(30-31-27)17(26)15(13)24)5-6-33(9)22(36)19(34)10-7-29-20-12(10)11(37-2)3-4-28-20;1-9-7-16-5-6-19(9)15(21)13(20)10-8-18-14-12(10)11(22-2)3-4-17-14;8-2-1(7(15)16)3(9)5(11)6(4(2)10)13-14-12/h3-4,7,9H,5-6,8H2,1-2H3,(H,28,29);3-4,8-9,16H,5-7H2,1-2H3,(H,17,18);(H,15,16)/t2*9-;/m11./s1. The van der Waals surface area contributed by atoms with Gasteiger partial charge in [-0.2, -0.15) is 0 Å². The van der Waals surface area contributed by atoms with Gasteiger partial charge in [0.15, 0.2) is 46.5 Å². The van der Waals surface area contributed by atoms with Crippen LogP contribution >= 0.6 is 0 Å². The number of carbonyl (C=O) groups excluding carboxylic acids is 5. The molecule has 75 heavy (non-hydrogen) atoms. The molecule has 8 rings (SSSR count). The number of ketones is 2. The molecular weight excluding hydrogens is 1020 g/mol. The second kappa shape index (κ2) is 23.0. The molecule has 31 heteroatoms. The number of methoxy groups -OCH3 is 2. The van der Waals surface area contributed by atoms with E-state index >= 15 is 0 Å². The predicted molar refractivity (Wildman–Crippen MR) is 242 cm³/mol. The number of nitrogens with zero attached hydrogens (tertiary/aromatic N) is 11. The third-order valence-corrected chi connectivity index (χ3v) is 11.5. The SMILES string of the molecule is COc1ccnc2[nH]cc(C(=O)C(=O)N3CCN(C(=O)c4c(F)c(F)c(N=[N+]=[N-])c(F)c4F)C[C@H]3C)c12.COc1ccnc2[nH]cc(C(=O)C(=O)N3CCNC[C@H]3C)c12.[N-]=[N+]=Nc1c(F)c(F)c(C(=O)O)c(F)c1F. The Bertz CT molecular complexity index is 3330. The number of benzene rings is 2. The zero-order valence-corrected chi connectivity index (χ0v) is 39.0. The molecule has 2 aliphatic rings. The third kappa shape index (κ3) is 10.6. The lowest BCUT2D eigenvalue weighted by Gasteiger charge is -2.39. The number of piperazine rings is 2. The molecule has 0 aliphatic carbocycles. The van der Waals surface area contributed by atoms with Crippen molar-refractivity contribution in [2.75, 3.05) is 53.5 Å². The summed E-state index contributed by atoms with van der Waals surface area (Å²) >= 11 is 0. The first kappa shape index (κ1) is 55.0. The molecule has 0 bridgehead atoms. The van der Waals surface area contributed by atoms with Crippen LogP contribution in [0.1, 0.15) is 55.3 Å². The number of carboxylic acid groups (broad SMARTS) is 1. The van der Waals surface area contributed by atoms with Gasteiger partial charge in [-0.3, -0.25) is 24.0 Å². The van der Waals surface area contributed by atoms with Crippen molar-refractivity contribution in [2.45, 2.75) is 25.9 Å². The number of nitrogens with one attached hydrogen (secondary N) is 3. The number of fused-ring (bicyclic) bond motifs is 2. The summed E-state index contributed by atoms with van der Waals surface area (Å²) in [7, 11) is 2.92. The number of carboxylic acids is 1. The lowest BCUT2D eigenvalue weighted by Crippen LogP contribution is -2.57. The van der Waals surface area contributed by atoms with Crippen LogP contribution in [0, 0.1) is 46.5 Å². The molecule has 2 aliphatic heterocycles. The molecule has 2 atom stereocenters. The van der Waals surface area contributed by atoms with E-state index in [0.29, 0.717) is 58.8 Å². The molecule has 0 saturated carbocycles. The number of pyridine rings is 2. The molecule has 4 N–H and O–H groups in total. The molecule has 6 heterocycles. The van der Waals surface area contributed by atoms with Crippen LogP contribution in [0.3, 0.4) is 0 Å². The molecule has 0 radical (unpaired) electrons. The molecule has 3 amide bonds. The number of halogens is 8. The first-order valence-corrected chi connectivity index (χ1v) is 21.4. The molecule has 23 nitrogen and oxygen atoms in total. The number of aromatic nitrogens is 4. The summed E-state index contributed by atoms with van der Waals surface area (Å²) < 4.78 is 119. The number of amides is 3. The average molecular weight is 1060 g/mol. The monoisotopic (exact) mass is 1060 g/mol. The van der Waals surface area contributed by atoms with Crippen LogP contribution < -0.4 is 14.8 Å². The lowest BCUT2D eigenvalue weighted by atomic mass is 10.1. The molecule has 0 unspecified atom stereocenters. The number of hydrogen-bond donors (Lipinski definition) is 4. The summed E-state index contributed by atoms with van der Waals surface area (Å²) in [6.45, 7) is 4.54. The molecule has 2 aromatic carbocycles. The van der Waals surface area contributed by atoms with Crippen molar-refractivity contribution in [1.82, 2.24) is 40.0 Å². The minimum atomic E-state index is -2.18. The fourth-order valence-corrected chi connectivity index (χ4v) is 7.87. The number of carbonyl (C=O) groups is 6. The summed E-state index contributed by atoms with van der Waals surface area (Å²) in [5.41, 5.74) is 11.0. The van der Waals surface area contributed by atoms with Gasteiger partial charge in [-0.15, -0.1) is 0 Å². The maximum absolute atomic E-state index is 14.4. The van der Waals surface area contributed by atoms with E-state index in [9.17, 15) is 63.9 Å². The number of ether oxygens (including phenoxy) is 2. The van der Waals surface area contributed by atoms with E-state index in [1.807, 2.05) is 11.8 Å². The van der Waals surface area contributed by atoms with Gasteiger partial charge in [-0.1, -0.05) is 10.2 Å². The fraction of sp³-hybridized carbons (Fsp3) is 0.273. The summed E-state index contributed by atoms with van der Waals surface area (Å²) in [6.07, 6.45) is 5.89. The maximum Gasteiger partial charge on any atom is 0.341 e. The Morgan fingerprint density at radius 3 is 1.47 bits per heavy atom. The number of rotatable bonds is 10. The number of aromatic amines is 2. The van der Waals surface area contributed by atoms with E-state index < -0.39 is 110 Å². The van der Waals surface area contributed by atoms with Gasteiger partial charge in [0.1, 0.15) is 45.3 Å². The summed E-state index contributed by atoms with van der Waals surface area (Å²) in [5, 5.41) is 17.3. The van der Waals surface area contributed by atoms with E-state index in [2.05, 4.69) is 40.4 Å². The van der Waals surface area contributed by atoms with Gasteiger partial charge in [-0.25, -0.2) is 49.9 Å². The molecule has 4 aromatic heterocycles. The molecule has 6 aromatic rings. The molecule has 392 valence electrons. The van der Waals surface area contributed by atoms with E-state index in [1.54, 1.807) is 17.2 Å². The predicted octanol–water partition coefficient (Wildman–Crippen LogP) is 7.08. The van der Waals surface area contributed by atoms with Crippen LogP contribution in [0.2, 0.25) is 0 Å². The highest BCUT2D eigenvalue weighted by atomic mass is 19.2. The van der Waals surface area contributed by atoms with Crippen LogP contribution in [-0.2, 0) is 9.59 Å². The van der Waals surface area contributed by atoms with Gasteiger partial charge in [0, 0.05) is 86.0 Å². The number of hydrogen-bond acceptors (Lipinski definition) is 13. The van der Waals surface area contributed by atoms with Crippen LogP contribution in [0.15, 0.2) is 47.1 Å². The van der Waals surface area contributed by atoms with Crippen LogP contribution in [0.25, 0.3) is 43.0 Å². The minimum absolute atomic E-state index is 0.00423. The van der Waals surface area contributed by atoms with Crippen molar-refractivity contribution in [3.05, 3.63) is 127 Å². The van der Waals surface area contributed by atoms with E-state index in [-0.39, 0.29) is 31.2 Å². The van der Waals surface area contributed by atoms with E-state index in [4.69, 9.17) is 25.6 Å². The maximum atomic E-state index is 14.4. The molecule has 0 spiro atoms. The number of aromatic carboxylic acids is 1. The number of H-pyrrole nitrogens is 2. The summed E-state index contributed by atoms with van der Waals surface area (Å²) in [4.78, 5) is 96.0. The Hall–Kier alpha value is -9.34. The zero-order chi connectivity index (χ0) is 55.2. The minimum Gasteiger partial charge on any atom is -0.496 e.